The minimum atomic E-state index is -0.140. The molecule has 19 heavy (non-hydrogen) atoms. The van der Waals surface area contributed by atoms with Gasteiger partial charge in [0.05, 0.1) is 6.04 Å². The van der Waals surface area contributed by atoms with Crippen molar-refractivity contribution in [3.05, 3.63) is 34.9 Å². The minimum Gasteiger partial charge on any atom is -0.349 e. The lowest BCUT2D eigenvalue weighted by molar-refractivity contribution is -0.125. The highest BCUT2D eigenvalue weighted by atomic mass is 35.5. The fourth-order valence-electron chi connectivity index (χ4n) is 1.98. The fraction of sp³-hybridized carbons (Fsp3) is 0.500. The number of benzene rings is 1. The van der Waals surface area contributed by atoms with E-state index in [9.17, 15) is 4.79 Å². The molecule has 1 aliphatic rings. The molecule has 0 saturated heterocycles. The van der Waals surface area contributed by atoms with Crippen molar-refractivity contribution >= 4 is 29.9 Å². The highest BCUT2D eigenvalue weighted by molar-refractivity contribution is 6.30. The first-order chi connectivity index (χ1) is 8.61. The Morgan fingerprint density at radius 2 is 2.00 bits per heavy atom. The molecule has 5 heteroatoms. The average Bonchev–Trinajstić information content (AvgIpc) is 3.20. The lowest BCUT2D eigenvalue weighted by atomic mass is 10.0. The third kappa shape index (κ3) is 4.37. The van der Waals surface area contributed by atoms with Crippen LogP contribution in [0.15, 0.2) is 24.3 Å². The van der Waals surface area contributed by atoms with Crippen LogP contribution in [-0.2, 0) is 4.79 Å². The van der Waals surface area contributed by atoms with Crippen LogP contribution in [0.25, 0.3) is 0 Å². The van der Waals surface area contributed by atoms with E-state index in [1.165, 1.54) is 12.8 Å². The maximum Gasteiger partial charge on any atom is 0.224 e. The highest BCUT2D eigenvalue weighted by Crippen LogP contribution is 2.41. The smallest absolute Gasteiger partial charge is 0.224 e. The van der Waals surface area contributed by atoms with Gasteiger partial charge in [0.15, 0.2) is 0 Å². The summed E-state index contributed by atoms with van der Waals surface area (Å²) in [6, 6.07) is 7.80. The minimum absolute atomic E-state index is 0. The molecule has 0 aliphatic heterocycles. The number of hydrogen-bond donors (Lipinski definition) is 2. The number of rotatable bonds is 5. The summed E-state index contributed by atoms with van der Waals surface area (Å²) in [6.45, 7) is 2.23. The monoisotopic (exact) mass is 302 g/mol. The molecule has 0 heterocycles. The van der Waals surface area contributed by atoms with E-state index < -0.39 is 0 Å². The van der Waals surface area contributed by atoms with Crippen LogP contribution in [0.4, 0.5) is 0 Å². The van der Waals surface area contributed by atoms with Crippen LogP contribution in [0.2, 0.25) is 5.02 Å². The van der Waals surface area contributed by atoms with Gasteiger partial charge in [-0.3, -0.25) is 4.79 Å². The van der Waals surface area contributed by atoms with E-state index in [1.807, 2.05) is 31.2 Å². The molecule has 3 N–H and O–H groups in total. The summed E-state index contributed by atoms with van der Waals surface area (Å²) >= 11 is 5.89. The van der Waals surface area contributed by atoms with Crippen molar-refractivity contribution < 1.29 is 4.79 Å². The van der Waals surface area contributed by atoms with Crippen LogP contribution in [0.3, 0.4) is 0 Å². The van der Waals surface area contributed by atoms with Crippen LogP contribution >= 0.6 is 24.0 Å². The Balaban J connectivity index is 0.00000180. The average molecular weight is 303 g/mol. The molecule has 2 rings (SSSR count). The van der Waals surface area contributed by atoms with E-state index in [1.54, 1.807) is 0 Å². The maximum absolute atomic E-state index is 11.9. The summed E-state index contributed by atoms with van der Waals surface area (Å²) in [5.74, 6) is 0.447. The van der Waals surface area contributed by atoms with Crippen molar-refractivity contribution in [3.8, 4) is 0 Å². The molecule has 1 fully saturated rings. The first kappa shape index (κ1) is 16.3. The zero-order chi connectivity index (χ0) is 13.1. The predicted octanol–water partition coefficient (Wildman–Crippen LogP) is 2.92. The second kappa shape index (κ2) is 7.13. The molecule has 2 atom stereocenters. The van der Waals surface area contributed by atoms with Gasteiger partial charge in [0.25, 0.3) is 0 Å². The van der Waals surface area contributed by atoms with Crippen LogP contribution in [0.5, 0.6) is 0 Å². The molecule has 1 aromatic rings. The second-order valence-corrected chi connectivity index (χ2v) is 5.45. The lowest BCUT2D eigenvalue weighted by Crippen LogP contribution is -2.36. The number of carbonyl (C=O) groups is 1. The maximum atomic E-state index is 11.9. The number of nitrogens with two attached hydrogens (primary N) is 1. The van der Waals surface area contributed by atoms with E-state index in [2.05, 4.69) is 5.32 Å². The van der Waals surface area contributed by atoms with Crippen LogP contribution in [0, 0.1) is 11.8 Å². The summed E-state index contributed by atoms with van der Waals surface area (Å²) in [5, 5.41) is 3.82. The first-order valence-electron chi connectivity index (χ1n) is 6.37. The van der Waals surface area contributed by atoms with Gasteiger partial charge < -0.3 is 11.1 Å². The molecule has 0 spiro atoms. The molecule has 1 aromatic carbocycles. The van der Waals surface area contributed by atoms with E-state index in [-0.39, 0.29) is 30.3 Å². The van der Waals surface area contributed by atoms with E-state index >= 15 is 0 Å². The number of hydrogen-bond acceptors (Lipinski definition) is 2. The second-order valence-electron chi connectivity index (χ2n) is 5.01. The Kier molecular flexibility index (Phi) is 6.11. The van der Waals surface area contributed by atoms with Gasteiger partial charge in [-0.2, -0.15) is 0 Å². The van der Waals surface area contributed by atoms with Crippen molar-refractivity contribution in [1.29, 1.82) is 0 Å². The van der Waals surface area contributed by atoms with Gasteiger partial charge >= 0.3 is 0 Å². The van der Waals surface area contributed by atoms with Gasteiger partial charge in [-0.1, -0.05) is 30.7 Å². The van der Waals surface area contributed by atoms with Crippen molar-refractivity contribution in [2.45, 2.75) is 25.8 Å². The molecular weight excluding hydrogens is 283 g/mol. The topological polar surface area (TPSA) is 55.1 Å². The van der Waals surface area contributed by atoms with E-state index in [0.29, 0.717) is 12.5 Å². The zero-order valence-electron chi connectivity index (χ0n) is 10.9. The molecule has 1 amide bonds. The van der Waals surface area contributed by atoms with Crippen molar-refractivity contribution in [1.82, 2.24) is 5.32 Å². The number of amides is 1. The number of nitrogens with one attached hydrogen (secondary N) is 1. The summed E-state index contributed by atoms with van der Waals surface area (Å²) in [5.41, 5.74) is 6.65. The Bertz CT molecular complexity index is 418. The Morgan fingerprint density at radius 1 is 1.42 bits per heavy atom. The van der Waals surface area contributed by atoms with Gasteiger partial charge in [-0.15, -0.1) is 12.4 Å². The standard InChI is InChI=1S/C14H19ClN2O.ClH/c1-9(8-16)14(18)17-13(10-2-3-10)11-4-6-12(15)7-5-11;/h4-7,9-10,13H,2-3,8,16H2,1H3,(H,17,18);1H. The largest absolute Gasteiger partial charge is 0.349 e. The van der Waals surface area contributed by atoms with Gasteiger partial charge in [0.2, 0.25) is 5.91 Å². The molecule has 0 bridgehead atoms. The summed E-state index contributed by atoms with van der Waals surface area (Å²) < 4.78 is 0. The Hall–Kier alpha value is -0.770. The SMILES string of the molecule is CC(CN)C(=O)NC(c1ccc(Cl)cc1)C1CC1.Cl. The normalized spacial score (nSPS) is 17.2. The van der Waals surface area contributed by atoms with Crippen LogP contribution in [-0.4, -0.2) is 12.5 Å². The number of carbonyl (C=O) groups excluding carboxylic acids is 1. The molecule has 3 nitrogen and oxygen atoms in total. The summed E-state index contributed by atoms with van der Waals surface area (Å²) in [4.78, 5) is 11.9. The molecule has 1 aliphatic carbocycles. The van der Waals surface area contributed by atoms with Gasteiger partial charge in [-0.05, 0) is 36.5 Å². The fourth-order valence-corrected chi connectivity index (χ4v) is 2.10. The molecule has 2 unspecified atom stereocenters. The number of halogens is 2. The molecule has 0 aromatic heterocycles. The molecular formula is C14H20Cl2N2O. The molecule has 1 saturated carbocycles. The van der Waals surface area contributed by atoms with Crippen LogP contribution in [0.1, 0.15) is 31.4 Å². The van der Waals surface area contributed by atoms with Gasteiger partial charge in [0, 0.05) is 17.5 Å². The lowest BCUT2D eigenvalue weighted by Gasteiger charge is -2.21. The highest BCUT2D eigenvalue weighted by Gasteiger charge is 2.33. The molecule has 0 radical (unpaired) electrons. The van der Waals surface area contributed by atoms with Crippen molar-refractivity contribution in [2.24, 2.45) is 17.6 Å². The van der Waals surface area contributed by atoms with Gasteiger partial charge in [0.1, 0.15) is 0 Å². The first-order valence-corrected chi connectivity index (χ1v) is 6.75. The van der Waals surface area contributed by atoms with Crippen LogP contribution < -0.4 is 11.1 Å². The summed E-state index contributed by atoms with van der Waals surface area (Å²) in [7, 11) is 0. The quantitative estimate of drug-likeness (QED) is 0.878. The molecule has 106 valence electrons. The van der Waals surface area contributed by atoms with Gasteiger partial charge in [-0.25, -0.2) is 0 Å². The third-order valence-corrected chi connectivity index (χ3v) is 3.67. The Labute approximate surface area is 125 Å². The van der Waals surface area contributed by atoms with E-state index in [0.717, 1.165) is 10.6 Å². The van der Waals surface area contributed by atoms with Crippen molar-refractivity contribution in [2.75, 3.05) is 6.54 Å². The summed E-state index contributed by atoms with van der Waals surface area (Å²) in [6.07, 6.45) is 2.34. The third-order valence-electron chi connectivity index (χ3n) is 3.42. The zero-order valence-corrected chi connectivity index (χ0v) is 12.5. The predicted molar refractivity (Wildman–Crippen MR) is 80.5 cm³/mol. The van der Waals surface area contributed by atoms with E-state index in [4.69, 9.17) is 17.3 Å². The Morgan fingerprint density at radius 3 is 2.47 bits per heavy atom. The van der Waals surface area contributed by atoms with Crippen molar-refractivity contribution in [3.63, 3.8) is 0 Å².